The highest BCUT2D eigenvalue weighted by Gasteiger charge is 2.24. The van der Waals surface area contributed by atoms with Gasteiger partial charge in [0, 0.05) is 13.1 Å². The fraction of sp³-hybridized carbons (Fsp3) is 0.500. The Morgan fingerprint density at radius 1 is 1.71 bits per heavy atom. The van der Waals surface area contributed by atoms with Gasteiger partial charge in [0.25, 0.3) is 0 Å². The Hall–Kier alpha value is -1.31. The summed E-state index contributed by atoms with van der Waals surface area (Å²) in [7, 11) is 0. The van der Waals surface area contributed by atoms with Gasteiger partial charge in [-0.05, 0) is 31.9 Å². The van der Waals surface area contributed by atoms with Crippen molar-refractivity contribution >= 4 is 17.4 Å². The third kappa shape index (κ3) is 2.36. The van der Waals surface area contributed by atoms with Crippen LogP contribution in [0.15, 0.2) is 6.07 Å². The van der Waals surface area contributed by atoms with Gasteiger partial charge in [-0.25, -0.2) is 4.98 Å². The Kier molecular flexibility index (Phi) is 3.51. The van der Waals surface area contributed by atoms with E-state index in [1.807, 2.05) is 6.92 Å². The maximum atomic E-state index is 8.90. The minimum atomic E-state index is 0.517. The summed E-state index contributed by atoms with van der Waals surface area (Å²) in [5.41, 5.74) is 6.93. The Morgan fingerprint density at radius 2 is 2.47 bits per heavy atom. The lowest BCUT2D eigenvalue weighted by atomic mass is 10.1. The molecule has 0 radical (unpaired) electrons. The number of aromatic nitrogens is 1. The lowest BCUT2D eigenvalue weighted by Gasteiger charge is -2.19. The second-order valence-corrected chi connectivity index (χ2v) is 4.78. The van der Waals surface area contributed by atoms with Crippen LogP contribution in [0.4, 0.5) is 5.82 Å². The van der Waals surface area contributed by atoms with Crippen LogP contribution in [0.25, 0.3) is 0 Å². The largest absolute Gasteiger partial charge is 0.355 e. The summed E-state index contributed by atoms with van der Waals surface area (Å²) in [4.78, 5) is 6.57. The van der Waals surface area contributed by atoms with E-state index in [0.717, 1.165) is 31.0 Å². The van der Waals surface area contributed by atoms with Crippen molar-refractivity contribution in [3.63, 3.8) is 0 Å². The Morgan fingerprint density at radius 3 is 3.06 bits per heavy atom. The number of nitrogens with zero attached hydrogens (tertiary/aromatic N) is 3. The van der Waals surface area contributed by atoms with Gasteiger partial charge in [0.2, 0.25) is 0 Å². The van der Waals surface area contributed by atoms with E-state index in [1.54, 1.807) is 6.07 Å². The van der Waals surface area contributed by atoms with E-state index in [1.165, 1.54) is 0 Å². The summed E-state index contributed by atoms with van der Waals surface area (Å²) in [6.45, 7) is 4.35. The minimum absolute atomic E-state index is 0.517. The molecule has 0 saturated carbocycles. The number of nitrogens with two attached hydrogens (primary N) is 1. The van der Waals surface area contributed by atoms with Crippen molar-refractivity contribution in [1.29, 1.82) is 5.26 Å². The molecule has 2 rings (SSSR count). The molecule has 1 aromatic heterocycles. The molecule has 0 amide bonds. The molecule has 4 nitrogen and oxygen atoms in total. The summed E-state index contributed by atoms with van der Waals surface area (Å²) in [5, 5.41) is 9.45. The first kappa shape index (κ1) is 12.2. The smallest absolute Gasteiger partial charge is 0.147 e. The zero-order valence-electron chi connectivity index (χ0n) is 9.78. The van der Waals surface area contributed by atoms with Gasteiger partial charge < -0.3 is 10.6 Å². The maximum absolute atomic E-state index is 8.90. The summed E-state index contributed by atoms with van der Waals surface area (Å²) in [6, 6.07) is 3.78. The number of hydrogen-bond donors (Lipinski definition) is 1. The Labute approximate surface area is 106 Å². The molecule has 2 heterocycles. The van der Waals surface area contributed by atoms with Crippen molar-refractivity contribution in [2.24, 2.45) is 11.7 Å². The fourth-order valence-corrected chi connectivity index (χ4v) is 2.39. The predicted octanol–water partition coefficient (Wildman–Crippen LogP) is 1.70. The molecule has 17 heavy (non-hydrogen) atoms. The van der Waals surface area contributed by atoms with Crippen molar-refractivity contribution < 1.29 is 0 Å². The first-order chi connectivity index (χ1) is 8.15. The summed E-state index contributed by atoms with van der Waals surface area (Å²) in [5.74, 6) is 1.29. The second kappa shape index (κ2) is 4.91. The van der Waals surface area contributed by atoms with Crippen molar-refractivity contribution in [2.75, 3.05) is 24.5 Å². The molecular formula is C12H15ClN4. The molecule has 1 saturated heterocycles. The monoisotopic (exact) mass is 250 g/mol. The van der Waals surface area contributed by atoms with Gasteiger partial charge in [-0.3, -0.25) is 0 Å². The van der Waals surface area contributed by atoms with Gasteiger partial charge in [0.15, 0.2) is 0 Å². The van der Waals surface area contributed by atoms with Gasteiger partial charge in [0.1, 0.15) is 11.9 Å². The van der Waals surface area contributed by atoms with Gasteiger partial charge in [-0.2, -0.15) is 5.26 Å². The van der Waals surface area contributed by atoms with Crippen molar-refractivity contribution in [1.82, 2.24) is 4.98 Å². The fourth-order valence-electron chi connectivity index (χ4n) is 2.12. The molecule has 5 heteroatoms. The molecule has 90 valence electrons. The van der Waals surface area contributed by atoms with Gasteiger partial charge in [-0.15, -0.1) is 0 Å². The molecule has 1 atom stereocenters. The molecule has 0 bridgehead atoms. The van der Waals surface area contributed by atoms with Crippen LogP contribution in [0.2, 0.25) is 5.02 Å². The molecule has 1 aromatic rings. The van der Waals surface area contributed by atoms with E-state index < -0.39 is 0 Å². The lowest BCUT2D eigenvalue weighted by Crippen LogP contribution is -2.24. The van der Waals surface area contributed by atoms with E-state index in [9.17, 15) is 0 Å². The van der Waals surface area contributed by atoms with Crippen LogP contribution in [-0.4, -0.2) is 24.6 Å². The summed E-state index contributed by atoms with van der Waals surface area (Å²) in [6.07, 6.45) is 1.08. The number of halogens is 1. The lowest BCUT2D eigenvalue weighted by molar-refractivity contribution is 0.602. The molecule has 0 aliphatic carbocycles. The van der Waals surface area contributed by atoms with Crippen molar-refractivity contribution in [3.05, 3.63) is 22.3 Å². The molecule has 0 spiro atoms. The quantitative estimate of drug-likeness (QED) is 0.868. The van der Waals surface area contributed by atoms with Gasteiger partial charge in [-0.1, -0.05) is 11.6 Å². The zero-order valence-corrected chi connectivity index (χ0v) is 10.5. The first-order valence-electron chi connectivity index (χ1n) is 5.68. The standard InChI is InChI=1S/C12H15ClN4/c1-8-10(6-15)4-11(13)12(16-8)17-3-2-9(5-14)7-17/h4,9H,2-3,5,7,14H2,1H3. The van der Waals surface area contributed by atoms with E-state index in [4.69, 9.17) is 22.6 Å². The minimum Gasteiger partial charge on any atom is -0.355 e. The average molecular weight is 251 g/mol. The summed E-state index contributed by atoms with van der Waals surface area (Å²) < 4.78 is 0. The van der Waals surface area contributed by atoms with Crippen molar-refractivity contribution in [3.8, 4) is 6.07 Å². The number of rotatable bonds is 2. The van der Waals surface area contributed by atoms with Crippen LogP contribution in [0.1, 0.15) is 17.7 Å². The molecule has 1 aliphatic heterocycles. The van der Waals surface area contributed by atoms with E-state index in [2.05, 4.69) is 16.0 Å². The van der Waals surface area contributed by atoms with Crippen LogP contribution in [0.5, 0.6) is 0 Å². The number of nitriles is 1. The summed E-state index contributed by atoms with van der Waals surface area (Å²) >= 11 is 6.16. The van der Waals surface area contributed by atoms with Crippen LogP contribution in [-0.2, 0) is 0 Å². The maximum Gasteiger partial charge on any atom is 0.147 e. The van der Waals surface area contributed by atoms with Crippen molar-refractivity contribution in [2.45, 2.75) is 13.3 Å². The molecule has 1 unspecified atom stereocenters. The van der Waals surface area contributed by atoms with E-state index >= 15 is 0 Å². The third-order valence-corrected chi connectivity index (χ3v) is 3.47. The predicted molar refractivity (Wildman–Crippen MR) is 68.1 cm³/mol. The van der Waals surface area contributed by atoms with Gasteiger partial charge >= 0.3 is 0 Å². The normalized spacial score (nSPS) is 19.4. The van der Waals surface area contributed by atoms with Gasteiger partial charge in [0.05, 0.1) is 16.3 Å². The molecule has 2 N–H and O–H groups in total. The number of pyridine rings is 1. The highest BCUT2D eigenvalue weighted by Crippen LogP contribution is 2.29. The van der Waals surface area contributed by atoms with Crippen LogP contribution >= 0.6 is 11.6 Å². The highest BCUT2D eigenvalue weighted by atomic mass is 35.5. The highest BCUT2D eigenvalue weighted by molar-refractivity contribution is 6.33. The zero-order chi connectivity index (χ0) is 12.4. The number of aryl methyl sites for hydroxylation is 1. The Balaban J connectivity index is 2.28. The molecule has 1 aliphatic rings. The topological polar surface area (TPSA) is 65.9 Å². The van der Waals surface area contributed by atoms with E-state index in [0.29, 0.717) is 23.0 Å². The average Bonchev–Trinajstić information content (AvgIpc) is 2.80. The molecule has 1 fully saturated rings. The molecule has 0 aromatic carbocycles. The number of anilines is 1. The number of hydrogen-bond acceptors (Lipinski definition) is 4. The third-order valence-electron chi connectivity index (χ3n) is 3.19. The second-order valence-electron chi connectivity index (χ2n) is 4.37. The first-order valence-corrected chi connectivity index (χ1v) is 6.05. The Bertz CT molecular complexity index is 466. The van der Waals surface area contributed by atoms with Crippen LogP contribution in [0.3, 0.4) is 0 Å². The van der Waals surface area contributed by atoms with Crippen LogP contribution < -0.4 is 10.6 Å². The SMILES string of the molecule is Cc1nc(N2CCC(CN)C2)c(Cl)cc1C#N. The van der Waals surface area contributed by atoms with Crippen LogP contribution in [0, 0.1) is 24.2 Å². The molecular weight excluding hydrogens is 236 g/mol. The van der Waals surface area contributed by atoms with E-state index in [-0.39, 0.29) is 0 Å².